The topological polar surface area (TPSA) is 30.5 Å². The van der Waals surface area contributed by atoms with Crippen LogP contribution in [0.5, 0.6) is 11.5 Å². The summed E-state index contributed by atoms with van der Waals surface area (Å²) in [6, 6.07) is 10.7. The molecule has 144 valence electrons. The van der Waals surface area contributed by atoms with Crippen molar-refractivity contribution in [3.63, 3.8) is 0 Å². The maximum Gasteiger partial charge on any atom is 0.573 e. The molecule has 0 saturated heterocycles. The zero-order valence-electron chi connectivity index (χ0n) is 13.0. The second-order valence-corrected chi connectivity index (χ2v) is 4.99. The van der Waals surface area contributed by atoms with Gasteiger partial charge in [0.1, 0.15) is 11.5 Å². The first kappa shape index (κ1) is 21.9. The Hall–Kier alpha value is -2.13. The lowest BCUT2D eigenvalue weighted by Crippen LogP contribution is -2.17. The molecule has 2 rings (SSSR count). The Morgan fingerprint density at radius 1 is 0.615 bits per heavy atom. The third-order valence-electron chi connectivity index (χ3n) is 2.97. The molecule has 0 atom stereocenters. The molecule has 2 aromatic rings. The van der Waals surface area contributed by atoms with Crippen molar-refractivity contribution in [1.82, 2.24) is 5.32 Å². The Morgan fingerprint density at radius 3 is 1.19 bits per heavy atom. The summed E-state index contributed by atoms with van der Waals surface area (Å²) in [6.45, 7) is 0.736. The zero-order chi connectivity index (χ0) is 18.5. The highest BCUT2D eigenvalue weighted by atomic mass is 35.5. The number of rotatable bonds is 6. The predicted molar refractivity (Wildman–Crippen MR) is 84.0 cm³/mol. The van der Waals surface area contributed by atoms with Crippen molar-refractivity contribution in [3.8, 4) is 11.5 Å². The second kappa shape index (κ2) is 9.00. The predicted octanol–water partition coefficient (Wildman–Crippen LogP) is 5.20. The molecule has 0 aliphatic carbocycles. The molecule has 0 aromatic heterocycles. The molecular weight excluding hydrogens is 388 g/mol. The van der Waals surface area contributed by atoms with Gasteiger partial charge in [-0.2, -0.15) is 0 Å². The molecule has 0 spiro atoms. The maximum atomic E-state index is 12.0. The van der Waals surface area contributed by atoms with Gasteiger partial charge in [0.2, 0.25) is 0 Å². The smallest absolute Gasteiger partial charge is 0.406 e. The second-order valence-electron chi connectivity index (χ2n) is 4.99. The molecule has 0 fully saturated rings. The molecule has 2 aromatic carbocycles. The number of hydrogen-bond acceptors (Lipinski definition) is 3. The molecule has 0 saturated carbocycles. The summed E-state index contributed by atoms with van der Waals surface area (Å²) in [5.74, 6) is -0.618. The van der Waals surface area contributed by atoms with E-state index < -0.39 is 12.7 Å². The standard InChI is InChI=1S/C16H13F6NO2.ClH/c17-15(18,19)24-13-5-1-11(2-6-13)9-23-10-12-3-7-14(8-4-12)25-16(20,21)22;/h1-8,23H,9-10H2;1H. The molecule has 0 radical (unpaired) electrons. The fourth-order valence-corrected chi connectivity index (χ4v) is 1.97. The lowest BCUT2D eigenvalue weighted by molar-refractivity contribution is -0.275. The summed E-state index contributed by atoms with van der Waals surface area (Å²) in [5, 5.41) is 3.03. The highest BCUT2D eigenvalue weighted by Gasteiger charge is 2.31. The highest BCUT2D eigenvalue weighted by molar-refractivity contribution is 5.85. The fourth-order valence-electron chi connectivity index (χ4n) is 1.97. The van der Waals surface area contributed by atoms with E-state index in [1.54, 1.807) is 0 Å². The van der Waals surface area contributed by atoms with Crippen LogP contribution in [-0.2, 0) is 13.1 Å². The molecule has 1 N–H and O–H groups in total. The van der Waals surface area contributed by atoms with Crippen LogP contribution >= 0.6 is 12.4 Å². The van der Waals surface area contributed by atoms with Crippen molar-refractivity contribution in [2.24, 2.45) is 0 Å². The van der Waals surface area contributed by atoms with E-state index in [0.29, 0.717) is 13.1 Å². The fraction of sp³-hybridized carbons (Fsp3) is 0.250. The van der Waals surface area contributed by atoms with Gasteiger partial charge in [-0.25, -0.2) is 0 Å². The van der Waals surface area contributed by atoms with E-state index in [-0.39, 0.29) is 23.9 Å². The van der Waals surface area contributed by atoms with Crippen molar-refractivity contribution in [2.75, 3.05) is 0 Å². The van der Waals surface area contributed by atoms with Gasteiger partial charge in [0.15, 0.2) is 0 Å². The van der Waals surface area contributed by atoms with Crippen molar-refractivity contribution >= 4 is 12.4 Å². The van der Waals surface area contributed by atoms with Crippen molar-refractivity contribution in [2.45, 2.75) is 25.8 Å². The van der Waals surface area contributed by atoms with Crippen LogP contribution in [0.25, 0.3) is 0 Å². The molecule has 3 nitrogen and oxygen atoms in total. The molecule has 10 heteroatoms. The number of ether oxygens (including phenoxy) is 2. The van der Waals surface area contributed by atoms with Gasteiger partial charge >= 0.3 is 12.7 Å². The number of halogens is 7. The number of hydrogen-bond donors (Lipinski definition) is 1. The molecule has 0 heterocycles. The minimum atomic E-state index is -4.73. The van der Waals surface area contributed by atoms with Crippen molar-refractivity contribution < 1.29 is 35.8 Å². The average molecular weight is 402 g/mol. The van der Waals surface area contributed by atoms with E-state index in [4.69, 9.17) is 0 Å². The van der Waals surface area contributed by atoms with Crippen LogP contribution in [0, 0.1) is 0 Å². The lowest BCUT2D eigenvalue weighted by atomic mass is 10.2. The zero-order valence-corrected chi connectivity index (χ0v) is 13.8. The number of nitrogens with one attached hydrogen (secondary N) is 1. The van der Waals surface area contributed by atoms with Crippen LogP contribution in [0.15, 0.2) is 48.5 Å². The van der Waals surface area contributed by atoms with Crippen LogP contribution in [0.4, 0.5) is 26.3 Å². The molecule has 0 amide bonds. The summed E-state index contributed by atoms with van der Waals surface area (Å²) in [7, 11) is 0. The first-order valence-electron chi connectivity index (χ1n) is 7.01. The van der Waals surface area contributed by atoms with Gasteiger partial charge < -0.3 is 14.8 Å². The van der Waals surface area contributed by atoms with Crippen LogP contribution < -0.4 is 14.8 Å². The Morgan fingerprint density at radius 2 is 0.923 bits per heavy atom. The van der Waals surface area contributed by atoms with Gasteiger partial charge in [0.05, 0.1) is 0 Å². The van der Waals surface area contributed by atoms with Gasteiger partial charge in [0.25, 0.3) is 0 Å². The monoisotopic (exact) mass is 401 g/mol. The Kier molecular flexibility index (Phi) is 7.58. The lowest BCUT2D eigenvalue weighted by Gasteiger charge is -2.10. The normalized spacial score (nSPS) is 11.6. The Balaban J connectivity index is 0.00000338. The van der Waals surface area contributed by atoms with Crippen molar-refractivity contribution in [3.05, 3.63) is 59.7 Å². The van der Waals surface area contributed by atoms with Crippen LogP contribution in [0.1, 0.15) is 11.1 Å². The molecule has 0 bridgehead atoms. The van der Waals surface area contributed by atoms with E-state index in [0.717, 1.165) is 11.1 Å². The van der Waals surface area contributed by atoms with Crippen LogP contribution in [0.3, 0.4) is 0 Å². The van der Waals surface area contributed by atoms with Gasteiger partial charge in [-0.1, -0.05) is 24.3 Å². The third kappa shape index (κ3) is 8.30. The summed E-state index contributed by atoms with van der Waals surface area (Å²) in [6.07, 6.45) is -9.47. The maximum absolute atomic E-state index is 12.0. The Bertz CT molecular complexity index is 612. The SMILES string of the molecule is Cl.FC(F)(F)Oc1ccc(CNCc2ccc(OC(F)(F)F)cc2)cc1. The first-order chi connectivity index (χ1) is 11.6. The summed E-state index contributed by atoms with van der Waals surface area (Å²) >= 11 is 0. The largest absolute Gasteiger partial charge is 0.573 e. The minimum absolute atomic E-state index is 0. The minimum Gasteiger partial charge on any atom is -0.406 e. The molecule has 0 aliphatic rings. The summed E-state index contributed by atoms with van der Waals surface area (Å²) in [5.41, 5.74) is 1.46. The molecule has 0 aliphatic heterocycles. The van der Waals surface area contributed by atoms with Gasteiger partial charge in [0, 0.05) is 13.1 Å². The van der Waals surface area contributed by atoms with Gasteiger partial charge in [-0.3, -0.25) is 0 Å². The van der Waals surface area contributed by atoms with Crippen LogP contribution in [0.2, 0.25) is 0 Å². The molecule has 26 heavy (non-hydrogen) atoms. The number of benzene rings is 2. The average Bonchev–Trinajstić information content (AvgIpc) is 2.48. The summed E-state index contributed by atoms with van der Waals surface area (Å²) in [4.78, 5) is 0. The summed E-state index contributed by atoms with van der Waals surface area (Å²) < 4.78 is 79.8. The molecular formula is C16H14ClF6NO2. The quantitative estimate of drug-likeness (QED) is 0.675. The van der Waals surface area contributed by atoms with Gasteiger partial charge in [-0.15, -0.1) is 38.7 Å². The van der Waals surface area contributed by atoms with Gasteiger partial charge in [-0.05, 0) is 35.4 Å². The van der Waals surface area contributed by atoms with Crippen LogP contribution in [-0.4, -0.2) is 12.7 Å². The van der Waals surface area contributed by atoms with E-state index in [1.165, 1.54) is 48.5 Å². The van der Waals surface area contributed by atoms with E-state index in [2.05, 4.69) is 14.8 Å². The first-order valence-corrected chi connectivity index (χ1v) is 7.01. The highest BCUT2D eigenvalue weighted by Crippen LogP contribution is 2.23. The van der Waals surface area contributed by atoms with E-state index in [1.807, 2.05) is 0 Å². The van der Waals surface area contributed by atoms with E-state index in [9.17, 15) is 26.3 Å². The number of alkyl halides is 6. The van der Waals surface area contributed by atoms with E-state index >= 15 is 0 Å². The Labute approximate surface area is 151 Å². The third-order valence-corrected chi connectivity index (χ3v) is 2.97. The van der Waals surface area contributed by atoms with Crippen molar-refractivity contribution in [1.29, 1.82) is 0 Å². The molecule has 0 unspecified atom stereocenters.